The Morgan fingerprint density at radius 1 is 0.953 bits per heavy atom. The molecule has 0 aliphatic carbocycles. The maximum atomic E-state index is 13.1. The number of rotatable bonds is 5. The molecule has 0 saturated carbocycles. The zero-order valence-corrected chi connectivity index (χ0v) is 24.3. The van der Waals surface area contributed by atoms with Crippen molar-refractivity contribution in [3.63, 3.8) is 0 Å². The fraction of sp³-hybridized carbons (Fsp3) is 0.516. The number of amides is 2. The lowest BCUT2D eigenvalue weighted by Crippen LogP contribution is -2.48. The highest BCUT2D eigenvalue weighted by Crippen LogP contribution is 2.43. The van der Waals surface area contributed by atoms with Gasteiger partial charge < -0.3 is 19.2 Å². The monoisotopic (exact) mass is 603 g/mol. The fourth-order valence-electron chi connectivity index (χ4n) is 5.91. The molecule has 43 heavy (non-hydrogen) atoms. The first-order valence-corrected chi connectivity index (χ1v) is 14.4. The van der Waals surface area contributed by atoms with Crippen molar-refractivity contribution in [3.05, 3.63) is 59.2 Å². The molecule has 2 saturated heterocycles. The summed E-state index contributed by atoms with van der Waals surface area (Å²) in [6.45, 7) is 8.68. The Balaban J connectivity index is 1.08. The molecule has 232 valence electrons. The number of nitrogens with zero attached hydrogens (tertiary/aromatic N) is 2. The number of carbonyl (C=O) groups is 3. The van der Waals surface area contributed by atoms with Crippen LogP contribution in [0.2, 0.25) is 0 Å². The second-order valence-electron chi connectivity index (χ2n) is 12.2. The molecule has 2 amide bonds. The SMILES string of the molecule is CC1(C)COc2cccc(CN3CCC4(CC3)CCN(C(=O)c3ccc(CC(=O)NOC(=O)C(F)(F)F)cc3)CC4)c2O1. The van der Waals surface area contributed by atoms with Crippen LogP contribution in [-0.2, 0) is 27.4 Å². The van der Waals surface area contributed by atoms with Crippen LogP contribution in [0.5, 0.6) is 11.5 Å². The highest BCUT2D eigenvalue weighted by molar-refractivity contribution is 5.94. The van der Waals surface area contributed by atoms with Gasteiger partial charge in [0.15, 0.2) is 11.5 Å². The van der Waals surface area contributed by atoms with E-state index in [1.807, 2.05) is 30.9 Å². The van der Waals surface area contributed by atoms with Gasteiger partial charge in [-0.1, -0.05) is 24.3 Å². The summed E-state index contributed by atoms with van der Waals surface area (Å²) in [5.74, 6) is -1.88. The maximum Gasteiger partial charge on any atom is 0.493 e. The van der Waals surface area contributed by atoms with Crippen LogP contribution >= 0.6 is 0 Å². The van der Waals surface area contributed by atoms with Gasteiger partial charge in [-0.3, -0.25) is 14.5 Å². The van der Waals surface area contributed by atoms with E-state index in [1.54, 1.807) is 24.3 Å². The van der Waals surface area contributed by atoms with E-state index in [9.17, 15) is 27.6 Å². The number of nitrogens with one attached hydrogen (secondary N) is 1. The Bertz CT molecular complexity index is 1340. The quantitative estimate of drug-likeness (QED) is 0.505. The van der Waals surface area contributed by atoms with Crippen LogP contribution in [0.25, 0.3) is 0 Å². The minimum atomic E-state index is -5.20. The molecule has 2 aromatic carbocycles. The van der Waals surface area contributed by atoms with Crippen molar-refractivity contribution >= 4 is 17.8 Å². The van der Waals surface area contributed by atoms with Gasteiger partial charge in [-0.2, -0.15) is 18.7 Å². The number of hydroxylamine groups is 1. The molecule has 0 bridgehead atoms. The second-order valence-corrected chi connectivity index (χ2v) is 12.2. The van der Waals surface area contributed by atoms with Gasteiger partial charge in [-0.05, 0) is 81.8 Å². The minimum absolute atomic E-state index is 0.0959. The van der Waals surface area contributed by atoms with Crippen molar-refractivity contribution in [1.82, 2.24) is 15.3 Å². The second kappa shape index (κ2) is 12.1. The van der Waals surface area contributed by atoms with Gasteiger partial charge in [0, 0.05) is 30.8 Å². The molecule has 12 heteroatoms. The van der Waals surface area contributed by atoms with Crippen molar-refractivity contribution in [2.24, 2.45) is 5.41 Å². The van der Waals surface area contributed by atoms with Crippen molar-refractivity contribution in [1.29, 1.82) is 0 Å². The third-order valence-corrected chi connectivity index (χ3v) is 8.49. The number of ether oxygens (including phenoxy) is 2. The van der Waals surface area contributed by atoms with E-state index >= 15 is 0 Å². The molecule has 3 aliphatic rings. The van der Waals surface area contributed by atoms with Gasteiger partial charge in [-0.15, -0.1) is 0 Å². The molecule has 3 aliphatic heterocycles. The topological polar surface area (TPSA) is 97.4 Å². The van der Waals surface area contributed by atoms with E-state index in [0.717, 1.165) is 62.4 Å². The normalized spacial score (nSPS) is 19.5. The highest BCUT2D eigenvalue weighted by atomic mass is 19.4. The van der Waals surface area contributed by atoms with Gasteiger partial charge in [0.2, 0.25) is 0 Å². The van der Waals surface area contributed by atoms with Crippen molar-refractivity contribution in [3.8, 4) is 11.5 Å². The number of benzene rings is 2. The Kier molecular flexibility index (Phi) is 8.60. The Labute approximate surface area is 248 Å². The molecule has 9 nitrogen and oxygen atoms in total. The number of para-hydroxylation sites is 1. The number of alkyl halides is 3. The zero-order chi connectivity index (χ0) is 30.8. The van der Waals surface area contributed by atoms with Gasteiger partial charge in [0.05, 0.1) is 6.42 Å². The number of hydrogen-bond donors (Lipinski definition) is 1. The molecule has 2 aromatic rings. The number of fused-ring (bicyclic) bond motifs is 1. The van der Waals surface area contributed by atoms with Gasteiger partial charge in [0.1, 0.15) is 12.2 Å². The predicted molar refractivity (Wildman–Crippen MR) is 149 cm³/mol. The number of halogens is 3. The van der Waals surface area contributed by atoms with Crippen LogP contribution in [0.4, 0.5) is 13.2 Å². The van der Waals surface area contributed by atoms with Gasteiger partial charge in [-0.25, -0.2) is 4.79 Å². The van der Waals surface area contributed by atoms with Gasteiger partial charge in [0.25, 0.3) is 11.8 Å². The predicted octanol–water partition coefficient (Wildman–Crippen LogP) is 4.43. The fourth-order valence-corrected chi connectivity index (χ4v) is 5.91. The molecular weight excluding hydrogens is 567 g/mol. The average Bonchev–Trinajstić information content (AvgIpc) is 2.97. The molecule has 1 N–H and O–H groups in total. The number of hydrogen-bond acceptors (Lipinski definition) is 7. The third-order valence-electron chi connectivity index (χ3n) is 8.49. The van der Waals surface area contributed by atoms with Crippen LogP contribution < -0.4 is 15.0 Å². The summed E-state index contributed by atoms with van der Waals surface area (Å²) in [6, 6.07) is 12.4. The molecule has 3 heterocycles. The lowest BCUT2D eigenvalue weighted by atomic mass is 9.71. The number of piperidine rings is 2. The molecule has 1 spiro atoms. The van der Waals surface area contributed by atoms with Crippen LogP contribution in [0.1, 0.15) is 61.0 Å². The summed E-state index contributed by atoms with van der Waals surface area (Å²) >= 11 is 0. The summed E-state index contributed by atoms with van der Waals surface area (Å²) in [5.41, 5.74) is 3.41. The van der Waals surface area contributed by atoms with Crippen LogP contribution in [-0.4, -0.2) is 72.1 Å². The lowest BCUT2D eigenvalue weighted by molar-refractivity contribution is -0.207. The summed E-state index contributed by atoms with van der Waals surface area (Å²) < 4.78 is 48.8. The lowest BCUT2D eigenvalue weighted by Gasteiger charge is -2.47. The first-order valence-electron chi connectivity index (χ1n) is 14.4. The van der Waals surface area contributed by atoms with E-state index in [2.05, 4.69) is 15.8 Å². The Morgan fingerprint density at radius 3 is 2.26 bits per heavy atom. The van der Waals surface area contributed by atoms with Crippen molar-refractivity contribution < 1.29 is 41.9 Å². The molecule has 0 aromatic heterocycles. The van der Waals surface area contributed by atoms with E-state index in [-0.39, 0.29) is 23.3 Å². The summed E-state index contributed by atoms with van der Waals surface area (Å²) in [6.07, 6.45) is -1.49. The molecule has 0 radical (unpaired) electrons. The van der Waals surface area contributed by atoms with E-state index in [0.29, 0.717) is 30.8 Å². The van der Waals surface area contributed by atoms with Crippen molar-refractivity contribution in [2.45, 2.75) is 64.3 Å². The molecule has 2 fully saturated rings. The average molecular weight is 604 g/mol. The molecule has 0 atom stereocenters. The van der Waals surface area contributed by atoms with Crippen LogP contribution in [0, 0.1) is 5.41 Å². The smallest absolute Gasteiger partial charge is 0.486 e. The molecule has 0 unspecified atom stereocenters. The third kappa shape index (κ3) is 7.41. The molecule has 5 rings (SSSR count). The van der Waals surface area contributed by atoms with E-state index < -0.39 is 18.1 Å². The number of likely N-dealkylation sites (tertiary alicyclic amines) is 2. The van der Waals surface area contributed by atoms with Gasteiger partial charge >= 0.3 is 12.1 Å². The minimum Gasteiger partial charge on any atom is -0.486 e. The Morgan fingerprint density at radius 2 is 1.60 bits per heavy atom. The number of carbonyl (C=O) groups excluding carboxylic acids is 3. The van der Waals surface area contributed by atoms with Crippen molar-refractivity contribution in [2.75, 3.05) is 32.8 Å². The maximum absolute atomic E-state index is 13.1. The van der Waals surface area contributed by atoms with E-state index in [1.165, 1.54) is 5.48 Å². The zero-order valence-electron chi connectivity index (χ0n) is 24.3. The first kappa shape index (κ1) is 30.7. The largest absolute Gasteiger partial charge is 0.493 e. The van der Waals surface area contributed by atoms with Crippen LogP contribution in [0.3, 0.4) is 0 Å². The summed E-state index contributed by atoms with van der Waals surface area (Å²) in [7, 11) is 0. The van der Waals surface area contributed by atoms with E-state index in [4.69, 9.17) is 9.47 Å². The Hall–Kier alpha value is -3.80. The van der Waals surface area contributed by atoms with Crippen LogP contribution in [0.15, 0.2) is 42.5 Å². The molecular formula is C31H36F3N3O6. The summed E-state index contributed by atoms with van der Waals surface area (Å²) in [4.78, 5) is 43.7. The first-order chi connectivity index (χ1) is 20.3. The summed E-state index contributed by atoms with van der Waals surface area (Å²) in [5, 5.41) is 0. The highest BCUT2D eigenvalue weighted by Gasteiger charge is 2.42. The standard InChI is InChI=1S/C31H36F3N3O6/c1-29(2)20-41-24-5-3-4-23(26(24)42-29)19-36-14-10-30(11-15-36)12-16-37(17-13-30)27(39)22-8-6-21(7-9-22)18-25(38)35-43-28(40)31(32,33)34/h3-9H,10-20H2,1-2H3,(H,35,38).